The Morgan fingerprint density at radius 2 is 2.12 bits per heavy atom. The van der Waals surface area contributed by atoms with Crippen molar-refractivity contribution >= 4 is 0 Å². The first-order chi connectivity index (χ1) is 8.17. The van der Waals surface area contributed by atoms with Crippen LogP contribution in [0, 0.1) is 0 Å². The molecule has 1 aromatic carbocycles. The molecule has 0 amide bonds. The van der Waals surface area contributed by atoms with Crippen molar-refractivity contribution in [2.24, 2.45) is 5.73 Å². The largest absolute Gasteiger partial charge is 0.497 e. The van der Waals surface area contributed by atoms with Gasteiger partial charge in [0.2, 0.25) is 0 Å². The van der Waals surface area contributed by atoms with Gasteiger partial charge in [-0.2, -0.15) is 0 Å². The standard InChI is InChI=1S/C14H23NO2/c1-4-5-8-17-14-10-13(16-3)7-6-12(14)9-11(2)15/h6-7,10-11H,4-5,8-9,15H2,1-3H3. The second-order valence-corrected chi connectivity index (χ2v) is 4.36. The van der Waals surface area contributed by atoms with Crippen molar-refractivity contribution in [2.45, 2.75) is 39.2 Å². The van der Waals surface area contributed by atoms with E-state index in [2.05, 4.69) is 6.92 Å². The van der Waals surface area contributed by atoms with Gasteiger partial charge in [0.15, 0.2) is 0 Å². The summed E-state index contributed by atoms with van der Waals surface area (Å²) in [6.45, 7) is 4.90. The summed E-state index contributed by atoms with van der Waals surface area (Å²) in [5.41, 5.74) is 6.98. The van der Waals surface area contributed by atoms with Crippen LogP contribution in [0.3, 0.4) is 0 Å². The number of rotatable bonds is 7. The first-order valence-electron chi connectivity index (χ1n) is 6.22. The summed E-state index contributed by atoms with van der Waals surface area (Å²) in [6.07, 6.45) is 3.02. The molecule has 1 unspecified atom stereocenters. The lowest BCUT2D eigenvalue weighted by atomic mass is 10.1. The zero-order chi connectivity index (χ0) is 12.7. The van der Waals surface area contributed by atoms with Crippen LogP contribution in [0.4, 0.5) is 0 Å². The van der Waals surface area contributed by atoms with Crippen LogP contribution >= 0.6 is 0 Å². The monoisotopic (exact) mass is 237 g/mol. The van der Waals surface area contributed by atoms with Crippen LogP contribution in [-0.4, -0.2) is 19.8 Å². The highest BCUT2D eigenvalue weighted by atomic mass is 16.5. The molecule has 0 aliphatic carbocycles. The van der Waals surface area contributed by atoms with Crippen LogP contribution in [0.5, 0.6) is 11.5 Å². The van der Waals surface area contributed by atoms with Gasteiger partial charge in [0.1, 0.15) is 11.5 Å². The number of hydrogen-bond donors (Lipinski definition) is 1. The molecule has 1 atom stereocenters. The molecule has 0 saturated carbocycles. The Balaban J connectivity index is 2.79. The van der Waals surface area contributed by atoms with Gasteiger partial charge in [0.25, 0.3) is 0 Å². The van der Waals surface area contributed by atoms with E-state index in [0.29, 0.717) is 0 Å². The van der Waals surface area contributed by atoms with Crippen molar-refractivity contribution in [1.82, 2.24) is 0 Å². The number of unbranched alkanes of at least 4 members (excludes halogenated alkanes) is 1. The first-order valence-corrected chi connectivity index (χ1v) is 6.22. The predicted octanol–water partition coefficient (Wildman–Crippen LogP) is 2.76. The zero-order valence-electron chi connectivity index (χ0n) is 11.0. The van der Waals surface area contributed by atoms with Gasteiger partial charge in [-0.15, -0.1) is 0 Å². The summed E-state index contributed by atoms with van der Waals surface area (Å²) in [5.74, 6) is 1.72. The quantitative estimate of drug-likeness (QED) is 0.742. The third-order valence-electron chi connectivity index (χ3n) is 2.57. The molecule has 0 spiro atoms. The number of benzene rings is 1. The molecule has 17 heavy (non-hydrogen) atoms. The minimum Gasteiger partial charge on any atom is -0.497 e. The summed E-state index contributed by atoms with van der Waals surface area (Å²) >= 11 is 0. The summed E-state index contributed by atoms with van der Waals surface area (Å²) in [7, 11) is 1.66. The molecule has 0 radical (unpaired) electrons. The van der Waals surface area contributed by atoms with Crippen LogP contribution in [0.2, 0.25) is 0 Å². The van der Waals surface area contributed by atoms with Gasteiger partial charge in [0.05, 0.1) is 13.7 Å². The smallest absolute Gasteiger partial charge is 0.126 e. The highest BCUT2D eigenvalue weighted by Gasteiger charge is 2.07. The first kappa shape index (κ1) is 13.8. The molecule has 0 heterocycles. The van der Waals surface area contributed by atoms with Gasteiger partial charge in [0, 0.05) is 12.1 Å². The van der Waals surface area contributed by atoms with E-state index >= 15 is 0 Å². The molecule has 3 heteroatoms. The van der Waals surface area contributed by atoms with Crippen molar-refractivity contribution in [3.8, 4) is 11.5 Å². The second-order valence-electron chi connectivity index (χ2n) is 4.36. The molecule has 0 aromatic heterocycles. The molecule has 2 N–H and O–H groups in total. The van der Waals surface area contributed by atoms with Gasteiger partial charge in [-0.05, 0) is 31.4 Å². The van der Waals surface area contributed by atoms with Crippen LogP contribution in [0.15, 0.2) is 18.2 Å². The second kappa shape index (κ2) is 7.17. The fraction of sp³-hybridized carbons (Fsp3) is 0.571. The highest BCUT2D eigenvalue weighted by Crippen LogP contribution is 2.26. The zero-order valence-corrected chi connectivity index (χ0v) is 11.0. The van der Waals surface area contributed by atoms with Gasteiger partial charge in [-0.1, -0.05) is 19.4 Å². The topological polar surface area (TPSA) is 44.5 Å². The molecule has 1 aromatic rings. The van der Waals surface area contributed by atoms with E-state index in [1.807, 2.05) is 25.1 Å². The summed E-state index contributed by atoms with van der Waals surface area (Å²) in [5, 5.41) is 0. The third-order valence-corrected chi connectivity index (χ3v) is 2.57. The van der Waals surface area contributed by atoms with Crippen LogP contribution in [-0.2, 0) is 6.42 Å². The van der Waals surface area contributed by atoms with Crippen molar-refractivity contribution in [1.29, 1.82) is 0 Å². The Labute approximate surface area is 104 Å². The van der Waals surface area contributed by atoms with Crippen molar-refractivity contribution < 1.29 is 9.47 Å². The molecule has 0 saturated heterocycles. The predicted molar refractivity (Wildman–Crippen MR) is 70.8 cm³/mol. The number of ether oxygens (including phenoxy) is 2. The van der Waals surface area contributed by atoms with Gasteiger partial charge < -0.3 is 15.2 Å². The van der Waals surface area contributed by atoms with Crippen molar-refractivity contribution in [3.63, 3.8) is 0 Å². The van der Waals surface area contributed by atoms with E-state index in [1.165, 1.54) is 0 Å². The SMILES string of the molecule is CCCCOc1cc(OC)ccc1CC(C)N. The highest BCUT2D eigenvalue weighted by molar-refractivity contribution is 5.41. The Morgan fingerprint density at radius 1 is 1.35 bits per heavy atom. The van der Waals surface area contributed by atoms with E-state index in [9.17, 15) is 0 Å². The van der Waals surface area contributed by atoms with Crippen LogP contribution in [0.1, 0.15) is 32.3 Å². The molecule has 0 aliphatic heterocycles. The summed E-state index contributed by atoms with van der Waals surface area (Å²) in [6, 6.07) is 6.05. The number of methoxy groups -OCH3 is 1. The maximum absolute atomic E-state index is 5.83. The average Bonchev–Trinajstić information content (AvgIpc) is 2.30. The lowest BCUT2D eigenvalue weighted by Gasteiger charge is -2.14. The lowest BCUT2D eigenvalue weighted by molar-refractivity contribution is 0.303. The molecular weight excluding hydrogens is 214 g/mol. The maximum Gasteiger partial charge on any atom is 0.126 e. The van der Waals surface area contributed by atoms with Crippen molar-refractivity contribution in [3.05, 3.63) is 23.8 Å². The average molecular weight is 237 g/mol. The van der Waals surface area contributed by atoms with E-state index in [0.717, 1.165) is 42.9 Å². The molecule has 0 aliphatic rings. The van der Waals surface area contributed by atoms with Gasteiger partial charge in [-0.25, -0.2) is 0 Å². The molecule has 0 bridgehead atoms. The molecule has 3 nitrogen and oxygen atoms in total. The molecule has 0 fully saturated rings. The van der Waals surface area contributed by atoms with Gasteiger partial charge >= 0.3 is 0 Å². The Kier molecular flexibility index (Phi) is 5.84. The van der Waals surface area contributed by atoms with Gasteiger partial charge in [-0.3, -0.25) is 0 Å². The minimum absolute atomic E-state index is 0.136. The Hall–Kier alpha value is -1.22. The lowest BCUT2D eigenvalue weighted by Crippen LogP contribution is -2.18. The van der Waals surface area contributed by atoms with E-state index < -0.39 is 0 Å². The van der Waals surface area contributed by atoms with Crippen LogP contribution in [0.25, 0.3) is 0 Å². The molecule has 96 valence electrons. The van der Waals surface area contributed by atoms with Crippen LogP contribution < -0.4 is 15.2 Å². The molecule has 1 rings (SSSR count). The maximum atomic E-state index is 5.83. The Morgan fingerprint density at radius 3 is 2.71 bits per heavy atom. The number of hydrogen-bond acceptors (Lipinski definition) is 3. The molecular formula is C14H23NO2. The third kappa shape index (κ3) is 4.65. The van der Waals surface area contributed by atoms with E-state index in [1.54, 1.807) is 7.11 Å². The normalized spacial score (nSPS) is 12.2. The summed E-state index contributed by atoms with van der Waals surface area (Å²) in [4.78, 5) is 0. The van der Waals surface area contributed by atoms with E-state index in [4.69, 9.17) is 15.2 Å². The fourth-order valence-electron chi connectivity index (χ4n) is 1.64. The van der Waals surface area contributed by atoms with E-state index in [-0.39, 0.29) is 6.04 Å². The number of nitrogens with two attached hydrogens (primary N) is 1. The minimum atomic E-state index is 0.136. The Bertz CT molecular complexity index is 337. The van der Waals surface area contributed by atoms with Crippen molar-refractivity contribution in [2.75, 3.05) is 13.7 Å². The summed E-state index contributed by atoms with van der Waals surface area (Å²) < 4.78 is 11.0. The fourth-order valence-corrected chi connectivity index (χ4v) is 1.64.